The number of aromatic carboxylic acids is 4. The minimum atomic E-state index is -1.69. The molecule has 0 heterocycles. The Morgan fingerprint density at radius 1 is 0.288 bits per heavy atom. The first-order valence-electron chi connectivity index (χ1n) is 24.6. The first kappa shape index (κ1) is 51.0. The molecule has 0 spiro atoms. The average molecular weight is 895 g/mol. The summed E-state index contributed by atoms with van der Waals surface area (Å²) in [6.07, 6.45) is 27.5. The fourth-order valence-electron chi connectivity index (χ4n) is 9.20. The van der Waals surface area contributed by atoms with Crippen LogP contribution in [0.2, 0.25) is 0 Å². The van der Waals surface area contributed by atoms with E-state index < -0.39 is 57.3 Å². The Labute approximate surface area is 392 Å². The van der Waals surface area contributed by atoms with Gasteiger partial charge in [-0.25, -0.2) is 19.2 Å². The van der Waals surface area contributed by atoms with E-state index in [-0.39, 0.29) is 11.1 Å². The van der Waals surface area contributed by atoms with Gasteiger partial charge in [-0.1, -0.05) is 226 Å². The summed E-state index contributed by atoms with van der Waals surface area (Å²) in [6, 6.07) is 29.2. The highest BCUT2D eigenvalue weighted by molar-refractivity contribution is 6.21. The average Bonchev–Trinajstić information content (AvgIpc) is 3.32. The summed E-state index contributed by atoms with van der Waals surface area (Å²) < 4.78 is 0. The molecule has 0 saturated heterocycles. The van der Waals surface area contributed by atoms with Gasteiger partial charge in [0, 0.05) is 11.1 Å². The van der Waals surface area contributed by atoms with E-state index in [1.165, 1.54) is 151 Å². The molecule has 0 radical (unpaired) electrons. The Balaban J connectivity index is 1.33. The maximum Gasteiger partial charge on any atom is 0.337 e. The minimum absolute atomic E-state index is 0.0645. The lowest BCUT2D eigenvalue weighted by atomic mass is 9.80. The Bertz CT molecular complexity index is 2110. The largest absolute Gasteiger partial charge is 0.478 e. The van der Waals surface area contributed by atoms with Crippen LogP contribution in [-0.2, 0) is 12.8 Å². The molecule has 0 aromatic heterocycles. The van der Waals surface area contributed by atoms with Gasteiger partial charge in [0.05, 0.1) is 22.3 Å². The van der Waals surface area contributed by atoms with Crippen molar-refractivity contribution in [1.29, 1.82) is 0 Å². The molecule has 0 bridgehead atoms. The van der Waals surface area contributed by atoms with Crippen LogP contribution in [-0.4, -0.2) is 44.3 Å². The molecule has 0 fully saturated rings. The normalized spacial score (nSPS) is 11.2. The van der Waals surface area contributed by atoms with Crippen molar-refractivity contribution >= 4 is 23.9 Å². The van der Waals surface area contributed by atoms with Gasteiger partial charge in [0.15, 0.2) is 0 Å². The minimum Gasteiger partial charge on any atom is -0.478 e. The van der Waals surface area contributed by atoms with E-state index in [2.05, 4.69) is 38.1 Å². The van der Waals surface area contributed by atoms with Crippen LogP contribution in [0.25, 0.3) is 44.5 Å². The lowest BCUT2D eigenvalue weighted by molar-refractivity contribution is 0.0639. The van der Waals surface area contributed by atoms with Gasteiger partial charge in [0.25, 0.3) is 0 Å². The quantitative estimate of drug-likeness (QED) is 0.0333. The summed E-state index contributed by atoms with van der Waals surface area (Å²) in [4.78, 5) is 52.4. The molecular formula is C58H70O8. The number of unbranched alkanes of at least 4 members (excludes halogenated alkanes) is 18. The third kappa shape index (κ3) is 14.5. The zero-order chi connectivity index (χ0) is 47.3. The van der Waals surface area contributed by atoms with Gasteiger partial charge in [0.1, 0.15) is 0 Å². The number of hydrogen-bond acceptors (Lipinski definition) is 4. The van der Waals surface area contributed by atoms with E-state index in [0.29, 0.717) is 0 Å². The van der Waals surface area contributed by atoms with Gasteiger partial charge in [-0.05, 0) is 70.2 Å². The van der Waals surface area contributed by atoms with Gasteiger partial charge < -0.3 is 20.4 Å². The van der Waals surface area contributed by atoms with Crippen LogP contribution in [0.5, 0.6) is 0 Å². The second-order valence-corrected chi connectivity index (χ2v) is 17.9. The molecule has 0 unspecified atom stereocenters. The van der Waals surface area contributed by atoms with Crippen LogP contribution >= 0.6 is 0 Å². The molecular weight excluding hydrogens is 825 g/mol. The van der Waals surface area contributed by atoms with Crippen molar-refractivity contribution in [3.63, 3.8) is 0 Å². The number of carboxylic acids is 4. The topological polar surface area (TPSA) is 149 Å². The van der Waals surface area contributed by atoms with Crippen LogP contribution in [0.4, 0.5) is 0 Å². The Kier molecular flexibility index (Phi) is 20.7. The maximum atomic E-state index is 13.1. The van der Waals surface area contributed by atoms with Crippen molar-refractivity contribution < 1.29 is 39.6 Å². The fraction of sp³-hybridized carbons (Fsp3) is 0.414. The van der Waals surface area contributed by atoms with E-state index in [9.17, 15) is 39.6 Å². The van der Waals surface area contributed by atoms with Gasteiger partial charge in [-0.15, -0.1) is 0 Å². The van der Waals surface area contributed by atoms with Crippen molar-refractivity contribution in [2.45, 2.75) is 155 Å². The number of hydrogen-bond donors (Lipinski definition) is 4. The number of benzene rings is 5. The van der Waals surface area contributed by atoms with Crippen LogP contribution in [0.15, 0.2) is 97.1 Å². The Hall–Kier alpha value is -6.02. The molecule has 0 aliphatic rings. The SMILES string of the molecule is CCCCCCCCCCCCc1ccc(-c2ccc(-c3c(C(=O)O)c(C(=O)O)c(-c4ccc(-c5ccc(CCCCCCCCCCCC)cc5)cc4)c(C(=O)O)c3C(=O)O)cc2)cc1. The van der Waals surface area contributed by atoms with Crippen LogP contribution in [0.3, 0.4) is 0 Å². The first-order chi connectivity index (χ1) is 32.0. The molecule has 5 aromatic rings. The molecule has 5 rings (SSSR count). The van der Waals surface area contributed by atoms with Crippen LogP contribution in [0, 0.1) is 0 Å². The van der Waals surface area contributed by atoms with Crippen molar-refractivity contribution in [3.8, 4) is 44.5 Å². The van der Waals surface area contributed by atoms with Crippen molar-refractivity contribution in [2.24, 2.45) is 0 Å². The molecule has 0 atom stereocenters. The first-order valence-corrected chi connectivity index (χ1v) is 24.6. The van der Waals surface area contributed by atoms with Crippen LogP contribution in [0.1, 0.15) is 195 Å². The number of carboxylic acid groups (broad SMARTS) is 4. The highest BCUT2D eigenvalue weighted by Crippen LogP contribution is 2.42. The summed E-state index contributed by atoms with van der Waals surface area (Å²) in [7, 11) is 0. The number of rotatable bonds is 30. The monoisotopic (exact) mass is 895 g/mol. The van der Waals surface area contributed by atoms with Crippen molar-refractivity contribution in [1.82, 2.24) is 0 Å². The molecule has 0 aliphatic heterocycles. The molecule has 8 nitrogen and oxygen atoms in total. The smallest absolute Gasteiger partial charge is 0.337 e. The predicted molar refractivity (Wildman–Crippen MR) is 267 cm³/mol. The van der Waals surface area contributed by atoms with E-state index in [1.807, 2.05) is 24.3 Å². The number of carbonyl (C=O) groups is 4. The Morgan fingerprint density at radius 2 is 0.485 bits per heavy atom. The predicted octanol–water partition coefficient (Wildman–Crippen LogP) is 16.1. The molecule has 0 aliphatic carbocycles. The van der Waals surface area contributed by atoms with Gasteiger partial charge >= 0.3 is 23.9 Å². The fourth-order valence-corrected chi connectivity index (χ4v) is 9.20. The summed E-state index contributed by atoms with van der Waals surface area (Å²) in [6.45, 7) is 4.48. The number of aryl methyl sites for hydroxylation is 2. The molecule has 0 amide bonds. The lowest BCUT2D eigenvalue weighted by Crippen LogP contribution is -2.21. The third-order valence-corrected chi connectivity index (χ3v) is 12.9. The second-order valence-electron chi connectivity index (χ2n) is 17.9. The highest BCUT2D eigenvalue weighted by Gasteiger charge is 2.37. The second kappa shape index (κ2) is 26.8. The van der Waals surface area contributed by atoms with E-state index in [1.54, 1.807) is 24.3 Å². The molecule has 66 heavy (non-hydrogen) atoms. The molecule has 350 valence electrons. The lowest BCUT2D eigenvalue weighted by Gasteiger charge is -2.21. The molecule has 8 heteroatoms. The summed E-state index contributed by atoms with van der Waals surface area (Å²) >= 11 is 0. The van der Waals surface area contributed by atoms with Crippen LogP contribution < -0.4 is 0 Å². The Morgan fingerprint density at radius 3 is 0.712 bits per heavy atom. The highest BCUT2D eigenvalue weighted by atomic mass is 16.4. The van der Waals surface area contributed by atoms with Crippen molar-refractivity contribution in [2.75, 3.05) is 0 Å². The zero-order valence-electron chi connectivity index (χ0n) is 39.2. The summed E-state index contributed by atoms with van der Waals surface area (Å²) in [5.74, 6) is -6.78. The van der Waals surface area contributed by atoms with E-state index >= 15 is 0 Å². The van der Waals surface area contributed by atoms with Crippen molar-refractivity contribution in [3.05, 3.63) is 130 Å². The van der Waals surface area contributed by atoms with E-state index in [0.717, 1.165) is 47.9 Å². The third-order valence-electron chi connectivity index (χ3n) is 12.9. The van der Waals surface area contributed by atoms with E-state index in [4.69, 9.17) is 0 Å². The maximum absolute atomic E-state index is 13.1. The molecule has 4 N–H and O–H groups in total. The van der Waals surface area contributed by atoms with Gasteiger partial charge in [-0.2, -0.15) is 0 Å². The standard InChI is InChI=1S/C58H70O8/c1-3-5-7-9-11-13-15-17-19-21-23-41-25-29-43(30-26-41)45-33-37-47(38-34-45)49-51(55(59)60)53(57(63)64)50(54(58(65)66)52(49)56(61)62)48-39-35-46(36-40-48)44-31-27-42(28-32-44)24-22-20-18-16-14-12-10-8-6-4-2/h25-40H,3-24H2,1-2H3,(H,59,60)(H,61,62)(H,63,64)(H,65,66). The molecule has 0 saturated carbocycles. The summed E-state index contributed by atoms with van der Waals surface area (Å²) in [5, 5.41) is 42.5. The summed E-state index contributed by atoms with van der Waals surface area (Å²) in [5.41, 5.74) is 1.75. The van der Waals surface area contributed by atoms with Gasteiger partial charge in [0.2, 0.25) is 0 Å². The molecule has 5 aromatic carbocycles. The zero-order valence-corrected chi connectivity index (χ0v) is 39.2. The van der Waals surface area contributed by atoms with Gasteiger partial charge in [-0.3, -0.25) is 0 Å².